The van der Waals surface area contributed by atoms with Crippen molar-refractivity contribution >= 4 is 34.8 Å². The molecule has 0 aliphatic carbocycles. The molecule has 0 bridgehead atoms. The van der Waals surface area contributed by atoms with E-state index in [2.05, 4.69) is 5.32 Å². The molecule has 0 spiro atoms. The molecule has 1 unspecified atom stereocenters. The highest BCUT2D eigenvalue weighted by molar-refractivity contribution is 7.12. The first-order valence-electron chi connectivity index (χ1n) is 4.33. The molecule has 0 radical (unpaired) electrons. The molecule has 4 nitrogen and oxygen atoms in total. The third-order valence-corrected chi connectivity index (χ3v) is 3.18. The fourth-order valence-corrected chi connectivity index (χ4v) is 2.06. The third kappa shape index (κ3) is 2.94. The predicted molar refractivity (Wildman–Crippen MR) is 58.5 cm³/mol. The quantitative estimate of drug-likeness (QED) is 0.855. The van der Waals surface area contributed by atoms with Crippen LogP contribution in [-0.4, -0.2) is 23.0 Å². The van der Waals surface area contributed by atoms with Crippen LogP contribution in [-0.2, 0) is 4.79 Å². The van der Waals surface area contributed by atoms with Gasteiger partial charge < -0.3 is 10.4 Å². The summed E-state index contributed by atoms with van der Waals surface area (Å²) in [5.74, 6) is -1.48. The minimum Gasteiger partial charge on any atom is -0.480 e. The van der Waals surface area contributed by atoms with E-state index in [1.165, 1.54) is 11.3 Å². The van der Waals surface area contributed by atoms with Crippen molar-refractivity contribution in [2.24, 2.45) is 0 Å². The number of nitrogens with one attached hydrogen (secondary N) is 1. The number of carboxylic acids is 1. The van der Waals surface area contributed by atoms with Crippen LogP contribution in [0.15, 0.2) is 11.4 Å². The molecule has 0 saturated heterocycles. The average Bonchev–Trinajstić information content (AvgIpc) is 2.60. The lowest BCUT2D eigenvalue weighted by atomic mass is 10.2. The monoisotopic (exact) mass is 247 g/mol. The molecule has 0 aliphatic heterocycles. The van der Waals surface area contributed by atoms with E-state index in [1.807, 2.05) is 0 Å². The number of carbonyl (C=O) groups is 2. The molecule has 0 fully saturated rings. The molecule has 0 saturated carbocycles. The molecule has 82 valence electrons. The van der Waals surface area contributed by atoms with Gasteiger partial charge in [-0.25, -0.2) is 4.79 Å². The smallest absolute Gasteiger partial charge is 0.326 e. The second-order valence-electron chi connectivity index (χ2n) is 2.87. The SMILES string of the molecule is CCC(NC(=O)c1sccc1Cl)C(=O)O. The van der Waals surface area contributed by atoms with Gasteiger partial charge in [-0.05, 0) is 17.9 Å². The normalized spacial score (nSPS) is 12.1. The number of rotatable bonds is 4. The standard InChI is InChI=1S/C9H10ClNO3S/c1-2-6(9(13)14)11-8(12)7-5(10)3-4-15-7/h3-4,6H,2H2,1H3,(H,11,12)(H,13,14). The zero-order valence-corrected chi connectivity index (χ0v) is 9.56. The second kappa shape index (κ2) is 5.14. The van der Waals surface area contributed by atoms with E-state index in [9.17, 15) is 9.59 Å². The first-order chi connectivity index (χ1) is 7.06. The molecule has 15 heavy (non-hydrogen) atoms. The number of carboxylic acid groups (broad SMARTS) is 1. The summed E-state index contributed by atoms with van der Waals surface area (Å²) < 4.78 is 0. The second-order valence-corrected chi connectivity index (χ2v) is 4.19. The molecule has 1 atom stereocenters. The number of hydrogen-bond donors (Lipinski definition) is 2. The topological polar surface area (TPSA) is 66.4 Å². The zero-order valence-electron chi connectivity index (χ0n) is 7.99. The highest BCUT2D eigenvalue weighted by Gasteiger charge is 2.20. The van der Waals surface area contributed by atoms with Crippen molar-refractivity contribution in [2.45, 2.75) is 19.4 Å². The highest BCUT2D eigenvalue weighted by Crippen LogP contribution is 2.21. The summed E-state index contributed by atoms with van der Waals surface area (Å²) in [6.07, 6.45) is 0.337. The zero-order chi connectivity index (χ0) is 11.4. The van der Waals surface area contributed by atoms with Crippen LogP contribution in [0, 0.1) is 0 Å². The molecule has 0 aromatic carbocycles. The Kier molecular flexibility index (Phi) is 4.11. The van der Waals surface area contributed by atoms with Gasteiger partial charge in [0, 0.05) is 0 Å². The van der Waals surface area contributed by atoms with E-state index in [4.69, 9.17) is 16.7 Å². The summed E-state index contributed by atoms with van der Waals surface area (Å²) in [4.78, 5) is 22.6. The van der Waals surface area contributed by atoms with Gasteiger partial charge >= 0.3 is 5.97 Å². The number of hydrogen-bond acceptors (Lipinski definition) is 3. The number of halogens is 1. The van der Waals surface area contributed by atoms with E-state index in [0.29, 0.717) is 16.3 Å². The molecule has 6 heteroatoms. The Morgan fingerprint density at radius 2 is 2.33 bits per heavy atom. The number of aliphatic carboxylic acids is 1. The van der Waals surface area contributed by atoms with Crippen LogP contribution in [0.3, 0.4) is 0 Å². The molecule has 0 aliphatic rings. The van der Waals surface area contributed by atoms with Gasteiger partial charge in [-0.1, -0.05) is 18.5 Å². The van der Waals surface area contributed by atoms with Gasteiger partial charge in [0.1, 0.15) is 10.9 Å². The molecule has 1 heterocycles. The maximum atomic E-state index is 11.6. The summed E-state index contributed by atoms with van der Waals surface area (Å²) in [7, 11) is 0. The fraction of sp³-hybridized carbons (Fsp3) is 0.333. The van der Waals surface area contributed by atoms with E-state index in [0.717, 1.165) is 0 Å². The molecule has 1 aromatic heterocycles. The van der Waals surface area contributed by atoms with E-state index in [-0.39, 0.29) is 0 Å². The predicted octanol–water partition coefficient (Wildman–Crippen LogP) is 1.99. The van der Waals surface area contributed by atoms with Gasteiger partial charge in [0.15, 0.2) is 0 Å². The molecule has 1 aromatic rings. The van der Waals surface area contributed by atoms with Crippen LogP contribution < -0.4 is 5.32 Å². The summed E-state index contributed by atoms with van der Waals surface area (Å²) in [6, 6.07) is 0.735. The van der Waals surface area contributed by atoms with Gasteiger partial charge in [-0.2, -0.15) is 0 Å². The lowest BCUT2D eigenvalue weighted by molar-refractivity contribution is -0.139. The van der Waals surface area contributed by atoms with Crippen LogP contribution >= 0.6 is 22.9 Å². The molecular weight excluding hydrogens is 238 g/mol. The fourth-order valence-electron chi connectivity index (χ4n) is 1.02. The molecule has 2 N–H and O–H groups in total. The lowest BCUT2D eigenvalue weighted by Gasteiger charge is -2.11. The number of amides is 1. The molecular formula is C9H10ClNO3S. The Balaban J connectivity index is 2.71. The lowest BCUT2D eigenvalue weighted by Crippen LogP contribution is -2.40. The first kappa shape index (κ1) is 12.0. The van der Waals surface area contributed by atoms with Crippen LogP contribution in [0.25, 0.3) is 0 Å². The third-order valence-electron chi connectivity index (χ3n) is 1.84. The summed E-state index contributed by atoms with van der Waals surface area (Å²) in [6.45, 7) is 1.69. The minimum absolute atomic E-state index is 0.337. The van der Waals surface area contributed by atoms with E-state index in [1.54, 1.807) is 18.4 Å². The largest absolute Gasteiger partial charge is 0.480 e. The minimum atomic E-state index is -1.04. The Hall–Kier alpha value is -1.07. The molecule has 1 rings (SSSR count). The first-order valence-corrected chi connectivity index (χ1v) is 5.58. The van der Waals surface area contributed by atoms with Crippen molar-refractivity contribution in [1.29, 1.82) is 0 Å². The Bertz CT molecular complexity index is 377. The average molecular weight is 248 g/mol. The van der Waals surface area contributed by atoms with Gasteiger partial charge in [-0.15, -0.1) is 11.3 Å². The van der Waals surface area contributed by atoms with Crippen molar-refractivity contribution in [3.05, 3.63) is 21.3 Å². The van der Waals surface area contributed by atoms with Crippen LogP contribution in [0.4, 0.5) is 0 Å². The van der Waals surface area contributed by atoms with Crippen molar-refractivity contribution in [3.8, 4) is 0 Å². The van der Waals surface area contributed by atoms with E-state index < -0.39 is 17.9 Å². The van der Waals surface area contributed by atoms with Gasteiger partial charge in [0.2, 0.25) is 0 Å². The van der Waals surface area contributed by atoms with Crippen LogP contribution in [0.2, 0.25) is 5.02 Å². The molecule has 1 amide bonds. The summed E-state index contributed by atoms with van der Waals surface area (Å²) >= 11 is 6.93. The maximum Gasteiger partial charge on any atom is 0.326 e. The van der Waals surface area contributed by atoms with Crippen LogP contribution in [0.1, 0.15) is 23.0 Å². The van der Waals surface area contributed by atoms with Crippen molar-refractivity contribution in [1.82, 2.24) is 5.32 Å². The number of thiophene rings is 1. The van der Waals surface area contributed by atoms with Gasteiger partial charge in [0.05, 0.1) is 5.02 Å². The summed E-state index contributed by atoms with van der Waals surface area (Å²) in [5, 5.41) is 13.2. The van der Waals surface area contributed by atoms with Crippen molar-refractivity contribution < 1.29 is 14.7 Å². The van der Waals surface area contributed by atoms with Crippen molar-refractivity contribution in [2.75, 3.05) is 0 Å². The van der Waals surface area contributed by atoms with Gasteiger partial charge in [0.25, 0.3) is 5.91 Å². The van der Waals surface area contributed by atoms with Crippen LogP contribution in [0.5, 0.6) is 0 Å². The number of carbonyl (C=O) groups excluding carboxylic acids is 1. The Morgan fingerprint density at radius 3 is 2.73 bits per heavy atom. The highest BCUT2D eigenvalue weighted by atomic mass is 35.5. The van der Waals surface area contributed by atoms with Gasteiger partial charge in [-0.3, -0.25) is 4.79 Å². The van der Waals surface area contributed by atoms with Crippen molar-refractivity contribution in [3.63, 3.8) is 0 Å². The Labute approximate surface area is 95.9 Å². The maximum absolute atomic E-state index is 11.6. The summed E-state index contributed by atoms with van der Waals surface area (Å²) in [5.41, 5.74) is 0. The Morgan fingerprint density at radius 1 is 1.67 bits per heavy atom. The van der Waals surface area contributed by atoms with E-state index >= 15 is 0 Å².